The molecule has 3 heterocycles. The number of benzene rings is 2. The minimum atomic E-state index is -1.27. The zero-order chi connectivity index (χ0) is 37.6. The summed E-state index contributed by atoms with van der Waals surface area (Å²) in [5.41, 5.74) is 2.02. The van der Waals surface area contributed by atoms with Gasteiger partial charge in [-0.25, -0.2) is 0 Å². The second-order valence-electron chi connectivity index (χ2n) is 14.3. The number of likely N-dealkylation sites (tertiary alicyclic amines) is 1. The molecule has 2 bridgehead atoms. The number of amides is 3. The average Bonchev–Trinajstić information content (AvgIpc) is 3.72. The third-order valence-corrected chi connectivity index (χ3v) is 11.5. The van der Waals surface area contributed by atoms with Crippen molar-refractivity contribution in [2.75, 3.05) is 24.6 Å². The van der Waals surface area contributed by atoms with Crippen LogP contribution in [0, 0.1) is 25.7 Å². The van der Waals surface area contributed by atoms with E-state index in [1.54, 1.807) is 28.9 Å². The van der Waals surface area contributed by atoms with Crippen LogP contribution in [0.1, 0.15) is 74.7 Å². The number of rotatable bonds is 18. The monoisotopic (exact) mass is 777 g/mol. The summed E-state index contributed by atoms with van der Waals surface area (Å²) in [7, 11) is 0. The molecule has 0 saturated carbocycles. The first kappa shape index (κ1) is 39.4. The second kappa shape index (κ2) is 17.4. The van der Waals surface area contributed by atoms with E-state index >= 15 is 4.79 Å². The lowest BCUT2D eigenvalue weighted by Gasteiger charge is -2.38. The summed E-state index contributed by atoms with van der Waals surface area (Å²) in [5.74, 6) is -3.31. The van der Waals surface area contributed by atoms with Gasteiger partial charge < -0.3 is 29.7 Å². The van der Waals surface area contributed by atoms with Crippen LogP contribution in [0.15, 0.2) is 73.8 Å². The maximum atomic E-state index is 15.1. The molecule has 2 N–H and O–H groups in total. The normalized spacial score (nSPS) is 25.7. The molecule has 0 aliphatic carbocycles. The van der Waals surface area contributed by atoms with Gasteiger partial charge in [-0.15, -0.1) is 13.2 Å². The minimum absolute atomic E-state index is 0.0913. The van der Waals surface area contributed by atoms with Crippen LogP contribution < -0.4 is 10.2 Å². The molecule has 3 aliphatic heterocycles. The van der Waals surface area contributed by atoms with Crippen LogP contribution in [-0.4, -0.2) is 82.0 Å². The fourth-order valence-electron chi connectivity index (χ4n) is 8.41. The van der Waals surface area contributed by atoms with Gasteiger partial charge in [-0.2, -0.15) is 0 Å². The third kappa shape index (κ3) is 7.77. The number of aliphatic hydroxyl groups is 1. The number of esters is 1. The van der Waals surface area contributed by atoms with Crippen LogP contribution in [0.3, 0.4) is 0 Å². The molecule has 1 unspecified atom stereocenters. The zero-order valence-electron chi connectivity index (χ0n) is 30.5. The molecule has 3 aliphatic rings. The Bertz CT molecular complexity index is 1610. The van der Waals surface area contributed by atoms with Gasteiger partial charge in [0.05, 0.1) is 24.0 Å². The van der Waals surface area contributed by atoms with Crippen molar-refractivity contribution in [3.8, 4) is 0 Å². The third-order valence-electron chi connectivity index (χ3n) is 10.7. The number of aliphatic hydroxyl groups excluding tert-OH is 1. The van der Waals surface area contributed by atoms with Crippen molar-refractivity contribution < 1.29 is 33.8 Å². The van der Waals surface area contributed by atoms with Gasteiger partial charge in [0, 0.05) is 36.6 Å². The van der Waals surface area contributed by atoms with Gasteiger partial charge in [0.2, 0.25) is 11.8 Å². The largest absolute Gasteiger partial charge is 0.455 e. The first-order chi connectivity index (χ1) is 25.0. The lowest BCUT2D eigenvalue weighted by molar-refractivity contribution is -0.162. The highest BCUT2D eigenvalue weighted by Gasteiger charge is 2.77. The number of nitrogens with zero attached hydrogens (tertiary/aromatic N) is 2. The van der Waals surface area contributed by atoms with Gasteiger partial charge in [-0.05, 0) is 63.1 Å². The van der Waals surface area contributed by atoms with Crippen molar-refractivity contribution in [1.29, 1.82) is 0 Å². The number of hydrogen-bond donors (Lipinski definition) is 2. The number of anilines is 1. The summed E-state index contributed by atoms with van der Waals surface area (Å²) in [5, 5.41) is 12.3. The summed E-state index contributed by atoms with van der Waals surface area (Å²) in [6.07, 6.45) is 5.77. The number of para-hydroxylation sites is 1. The van der Waals surface area contributed by atoms with Crippen molar-refractivity contribution in [1.82, 2.24) is 10.2 Å². The molecule has 3 amide bonds. The molecule has 2 aromatic rings. The Kier molecular flexibility index (Phi) is 13.1. The van der Waals surface area contributed by atoms with Crippen LogP contribution >= 0.6 is 15.9 Å². The summed E-state index contributed by atoms with van der Waals surface area (Å²) in [6.45, 7) is 13.9. The lowest BCUT2D eigenvalue weighted by Crippen LogP contribution is -2.57. The van der Waals surface area contributed by atoms with Crippen LogP contribution in [0.4, 0.5) is 5.69 Å². The Morgan fingerprint density at radius 2 is 1.77 bits per heavy atom. The van der Waals surface area contributed by atoms with Gasteiger partial charge in [-0.3, -0.25) is 19.2 Å². The molecule has 3 saturated heterocycles. The number of carbonyl (C=O) groups excluding carboxylic acids is 4. The maximum absolute atomic E-state index is 15.1. The molecular formula is C41H52BrN3O7. The number of aryl methyl sites for hydroxylation is 2. The van der Waals surface area contributed by atoms with E-state index in [9.17, 15) is 19.5 Å². The van der Waals surface area contributed by atoms with E-state index in [4.69, 9.17) is 9.47 Å². The number of allylic oxidation sites excluding steroid dienone is 1. The molecule has 280 valence electrons. The van der Waals surface area contributed by atoms with E-state index in [1.807, 2.05) is 62.4 Å². The number of ether oxygens (including phenoxy) is 2. The fraction of sp³-hybridized carbons (Fsp3) is 0.512. The van der Waals surface area contributed by atoms with Gasteiger partial charge in [0.25, 0.3) is 5.91 Å². The first-order valence-corrected chi connectivity index (χ1v) is 19.3. The van der Waals surface area contributed by atoms with Crippen molar-refractivity contribution in [2.45, 2.75) is 100 Å². The Balaban J connectivity index is 1.51. The number of halogens is 1. The molecule has 2 aromatic carbocycles. The summed E-state index contributed by atoms with van der Waals surface area (Å²) in [6, 6.07) is 13.5. The van der Waals surface area contributed by atoms with Crippen molar-refractivity contribution in [3.05, 3.63) is 90.5 Å². The van der Waals surface area contributed by atoms with Crippen molar-refractivity contribution in [2.24, 2.45) is 11.8 Å². The van der Waals surface area contributed by atoms with Crippen molar-refractivity contribution >= 4 is 45.3 Å². The quantitative estimate of drug-likeness (QED) is 0.0839. The van der Waals surface area contributed by atoms with Gasteiger partial charge >= 0.3 is 5.97 Å². The van der Waals surface area contributed by atoms with Crippen molar-refractivity contribution in [3.63, 3.8) is 0 Å². The topological polar surface area (TPSA) is 125 Å². The number of alkyl halides is 1. The van der Waals surface area contributed by atoms with Crippen LogP contribution in [-0.2, 0) is 28.7 Å². The smallest absolute Gasteiger partial charge is 0.313 e. The summed E-state index contributed by atoms with van der Waals surface area (Å²) >= 11 is 3.77. The summed E-state index contributed by atoms with van der Waals surface area (Å²) < 4.78 is 13.1. The predicted molar refractivity (Wildman–Crippen MR) is 204 cm³/mol. The average molecular weight is 779 g/mol. The van der Waals surface area contributed by atoms with E-state index in [0.717, 1.165) is 29.7 Å². The van der Waals surface area contributed by atoms with E-state index in [1.165, 1.54) is 0 Å². The molecule has 1 spiro atoms. The fourth-order valence-corrected chi connectivity index (χ4v) is 9.35. The molecule has 0 radical (unpaired) electrons. The Hall–Kier alpha value is -3.80. The molecule has 11 heteroatoms. The Morgan fingerprint density at radius 1 is 1.08 bits per heavy atom. The Labute approximate surface area is 315 Å². The van der Waals surface area contributed by atoms with E-state index in [0.29, 0.717) is 37.8 Å². The standard InChI is InChI=1S/C41H52BrN3O7/c1-6-8-21-31(47)43-28(5)35(29-19-12-11-13-20-29)51-40(50)32-33-38(48)45(23-14-9-10-15-24-46)37(41(33)25-30(42)36(32)52-41)39(49)44(22-7-2)34-26(3)17-16-18-27(34)4/h6-7,11-13,16-20,28,30,32-33,35-37,46H,1-2,8-10,14-15,21-25H2,3-5H3,(H,43,47)/t28-,30?,32+,33-,35-,36+,37+,41-/m1/s1. The van der Waals surface area contributed by atoms with Gasteiger partial charge in [0.1, 0.15) is 17.7 Å². The van der Waals surface area contributed by atoms with E-state index < -0.39 is 47.7 Å². The highest BCUT2D eigenvalue weighted by molar-refractivity contribution is 9.09. The Morgan fingerprint density at radius 3 is 2.42 bits per heavy atom. The maximum Gasteiger partial charge on any atom is 0.313 e. The summed E-state index contributed by atoms with van der Waals surface area (Å²) in [4.78, 5) is 60.1. The molecule has 52 heavy (non-hydrogen) atoms. The molecule has 3 fully saturated rings. The number of carbonyl (C=O) groups is 4. The first-order valence-electron chi connectivity index (χ1n) is 18.4. The van der Waals surface area contributed by atoms with Gasteiger partial charge in [-0.1, -0.05) is 89.5 Å². The van der Waals surface area contributed by atoms with E-state index in [2.05, 4.69) is 34.4 Å². The molecular weight excluding hydrogens is 726 g/mol. The van der Waals surface area contributed by atoms with Gasteiger partial charge in [0.15, 0.2) is 0 Å². The highest BCUT2D eigenvalue weighted by Crippen LogP contribution is 2.60. The SMILES string of the molecule is C=CCCC(=O)N[C@H](C)[C@@H](OC(=O)[C@@H]1[C@H]2O[C@@]3(CC2Br)[C@H](C(=O)N(CC=C)c2c(C)cccc2C)N(CCCCCCO)C(=O)[C@@H]13)c1ccccc1. The highest BCUT2D eigenvalue weighted by atomic mass is 79.9. The number of hydrogen-bond acceptors (Lipinski definition) is 7. The van der Waals surface area contributed by atoms with E-state index in [-0.39, 0.29) is 42.1 Å². The van der Waals surface area contributed by atoms with Crippen LogP contribution in [0.25, 0.3) is 0 Å². The molecule has 5 rings (SSSR count). The minimum Gasteiger partial charge on any atom is -0.455 e. The number of nitrogens with one attached hydrogen (secondary N) is 1. The lowest BCUT2D eigenvalue weighted by atomic mass is 9.70. The molecule has 0 aromatic heterocycles. The van der Waals surface area contributed by atoms with Crippen LogP contribution in [0.5, 0.6) is 0 Å². The number of fused-ring (bicyclic) bond motifs is 1. The van der Waals surface area contributed by atoms with Crippen LogP contribution in [0.2, 0.25) is 0 Å². The molecule has 8 atom stereocenters. The second-order valence-corrected chi connectivity index (χ2v) is 15.4. The predicted octanol–water partition coefficient (Wildman–Crippen LogP) is 5.88. The number of unbranched alkanes of at least 4 members (excludes halogenated alkanes) is 3. The molecule has 10 nitrogen and oxygen atoms in total. The zero-order valence-corrected chi connectivity index (χ0v) is 32.1.